The molecule has 3 atom stereocenters. The van der Waals surface area contributed by atoms with Crippen LogP contribution in [0.4, 0.5) is 0 Å². The number of guanidine groups is 1. The van der Waals surface area contributed by atoms with E-state index in [1.54, 1.807) is 0 Å². The van der Waals surface area contributed by atoms with E-state index in [4.69, 9.17) is 21.3 Å². The summed E-state index contributed by atoms with van der Waals surface area (Å²) in [7, 11) is 0. The fourth-order valence-corrected chi connectivity index (χ4v) is 4.30. The molecule has 0 spiro atoms. The van der Waals surface area contributed by atoms with E-state index in [1.807, 2.05) is 18.2 Å². The van der Waals surface area contributed by atoms with Crippen LogP contribution in [-0.2, 0) is 11.2 Å². The fourth-order valence-electron chi connectivity index (χ4n) is 4.07. The Labute approximate surface area is 173 Å². The first-order chi connectivity index (χ1) is 11.5. The van der Waals surface area contributed by atoms with Gasteiger partial charge in [0, 0.05) is 42.1 Å². The average Bonchev–Trinajstić information content (AvgIpc) is 3.01. The molecule has 0 radical (unpaired) electrons. The summed E-state index contributed by atoms with van der Waals surface area (Å²) in [6.07, 6.45) is 2.38. The first-order valence-corrected chi connectivity index (χ1v) is 9.31. The third-order valence-electron chi connectivity index (χ3n) is 5.35. The third-order valence-corrected chi connectivity index (χ3v) is 5.71. The van der Waals surface area contributed by atoms with Crippen molar-refractivity contribution in [2.45, 2.75) is 45.8 Å². The standard InChI is InChI=1S/C19H28ClN3O.HI/c1-4-21-18(22-11-9-13-7-5-6-8-15(13)20)23-16-14-10-12-24-17(14)19(16,2)3;/h5-8,14,16-17H,4,9-12H2,1-3H3,(H2,21,22,23);1H. The Bertz CT molecular complexity index is 608. The van der Waals surface area contributed by atoms with Gasteiger partial charge in [-0.25, -0.2) is 0 Å². The summed E-state index contributed by atoms with van der Waals surface area (Å²) in [4.78, 5) is 4.75. The van der Waals surface area contributed by atoms with E-state index in [0.29, 0.717) is 18.1 Å². The van der Waals surface area contributed by atoms with Gasteiger partial charge in [-0.15, -0.1) is 24.0 Å². The summed E-state index contributed by atoms with van der Waals surface area (Å²) in [6.45, 7) is 9.12. The van der Waals surface area contributed by atoms with Gasteiger partial charge in [0.2, 0.25) is 0 Å². The number of ether oxygens (including phenoxy) is 1. The van der Waals surface area contributed by atoms with Crippen LogP contribution in [0.1, 0.15) is 32.8 Å². The van der Waals surface area contributed by atoms with Crippen molar-refractivity contribution in [1.82, 2.24) is 10.6 Å². The van der Waals surface area contributed by atoms with Crippen LogP contribution in [0.3, 0.4) is 0 Å². The van der Waals surface area contributed by atoms with Crippen molar-refractivity contribution in [1.29, 1.82) is 0 Å². The molecule has 0 amide bonds. The average molecular weight is 478 g/mol. The molecule has 2 fully saturated rings. The molecule has 6 heteroatoms. The molecule has 1 aliphatic heterocycles. The van der Waals surface area contributed by atoms with E-state index in [2.05, 4.69) is 37.5 Å². The molecule has 1 aromatic rings. The minimum absolute atomic E-state index is 0. The van der Waals surface area contributed by atoms with Crippen molar-refractivity contribution < 1.29 is 4.74 Å². The van der Waals surface area contributed by atoms with Gasteiger partial charge in [0.1, 0.15) is 0 Å². The third kappa shape index (κ3) is 4.42. The van der Waals surface area contributed by atoms with Gasteiger partial charge in [-0.1, -0.05) is 43.6 Å². The van der Waals surface area contributed by atoms with Crippen LogP contribution < -0.4 is 10.6 Å². The Morgan fingerprint density at radius 2 is 2.12 bits per heavy atom. The number of nitrogens with one attached hydrogen (secondary N) is 2. The molecule has 3 rings (SSSR count). The van der Waals surface area contributed by atoms with Gasteiger partial charge in [0.25, 0.3) is 0 Å². The molecule has 1 aliphatic carbocycles. The zero-order chi connectivity index (χ0) is 17.2. The number of fused-ring (bicyclic) bond motifs is 1. The zero-order valence-electron chi connectivity index (χ0n) is 15.2. The highest BCUT2D eigenvalue weighted by atomic mass is 127. The molecular formula is C19H29ClIN3O. The SMILES string of the molecule is CCNC(=NCCc1ccccc1Cl)NC1C2CCOC2C1(C)C.I. The normalized spacial score (nSPS) is 27.0. The second kappa shape index (κ2) is 8.91. The Morgan fingerprint density at radius 3 is 2.84 bits per heavy atom. The summed E-state index contributed by atoms with van der Waals surface area (Å²) in [5, 5.41) is 7.82. The second-order valence-electron chi connectivity index (χ2n) is 7.29. The number of aliphatic imine (C=N–C) groups is 1. The van der Waals surface area contributed by atoms with Gasteiger partial charge in [0.05, 0.1) is 6.10 Å². The van der Waals surface area contributed by atoms with Gasteiger partial charge in [-0.3, -0.25) is 4.99 Å². The van der Waals surface area contributed by atoms with Gasteiger partial charge in [-0.05, 0) is 31.4 Å². The predicted molar refractivity (Wildman–Crippen MR) is 115 cm³/mol. The van der Waals surface area contributed by atoms with E-state index in [-0.39, 0.29) is 29.4 Å². The van der Waals surface area contributed by atoms with Crippen molar-refractivity contribution in [3.05, 3.63) is 34.9 Å². The summed E-state index contributed by atoms with van der Waals surface area (Å²) in [5.74, 6) is 1.50. The lowest BCUT2D eigenvalue weighted by molar-refractivity contribution is -0.106. The molecule has 1 heterocycles. The largest absolute Gasteiger partial charge is 0.377 e. The molecule has 1 aromatic carbocycles. The fraction of sp³-hybridized carbons (Fsp3) is 0.632. The van der Waals surface area contributed by atoms with Crippen molar-refractivity contribution in [2.24, 2.45) is 16.3 Å². The lowest BCUT2D eigenvalue weighted by Crippen LogP contribution is -2.68. The predicted octanol–water partition coefficient (Wildman–Crippen LogP) is 3.87. The molecular weight excluding hydrogens is 449 g/mol. The maximum absolute atomic E-state index is 6.22. The van der Waals surface area contributed by atoms with Crippen LogP contribution in [0.15, 0.2) is 29.3 Å². The Morgan fingerprint density at radius 1 is 1.36 bits per heavy atom. The summed E-state index contributed by atoms with van der Waals surface area (Å²) in [5.41, 5.74) is 1.30. The Kier molecular flexibility index (Phi) is 7.40. The topological polar surface area (TPSA) is 45.7 Å². The molecule has 2 N–H and O–H groups in total. The van der Waals surface area contributed by atoms with E-state index < -0.39 is 0 Å². The maximum atomic E-state index is 6.22. The van der Waals surface area contributed by atoms with Gasteiger partial charge < -0.3 is 15.4 Å². The molecule has 4 nitrogen and oxygen atoms in total. The van der Waals surface area contributed by atoms with E-state index >= 15 is 0 Å². The monoisotopic (exact) mass is 477 g/mol. The van der Waals surface area contributed by atoms with Crippen molar-refractivity contribution in [2.75, 3.05) is 19.7 Å². The van der Waals surface area contributed by atoms with Crippen LogP contribution in [0.5, 0.6) is 0 Å². The number of rotatable bonds is 5. The number of halogens is 2. The van der Waals surface area contributed by atoms with E-state index in [9.17, 15) is 0 Å². The summed E-state index contributed by atoms with van der Waals surface area (Å²) in [6, 6.07) is 8.39. The smallest absolute Gasteiger partial charge is 0.191 e. The maximum Gasteiger partial charge on any atom is 0.191 e. The Balaban J connectivity index is 0.00000225. The van der Waals surface area contributed by atoms with Gasteiger partial charge in [-0.2, -0.15) is 0 Å². The molecule has 1 saturated heterocycles. The van der Waals surface area contributed by atoms with E-state index in [0.717, 1.165) is 49.1 Å². The molecule has 0 aromatic heterocycles. The summed E-state index contributed by atoms with van der Waals surface area (Å²) < 4.78 is 5.88. The van der Waals surface area contributed by atoms with Crippen LogP contribution in [0.2, 0.25) is 5.02 Å². The first-order valence-electron chi connectivity index (χ1n) is 8.94. The molecule has 3 unspecified atom stereocenters. The summed E-state index contributed by atoms with van der Waals surface area (Å²) >= 11 is 6.22. The minimum atomic E-state index is 0. The first kappa shape index (κ1) is 20.8. The van der Waals surface area contributed by atoms with Gasteiger partial charge in [0.15, 0.2) is 5.96 Å². The van der Waals surface area contributed by atoms with Crippen LogP contribution in [0, 0.1) is 11.3 Å². The van der Waals surface area contributed by atoms with Crippen molar-refractivity contribution >= 4 is 41.5 Å². The van der Waals surface area contributed by atoms with Crippen LogP contribution in [0.25, 0.3) is 0 Å². The minimum Gasteiger partial charge on any atom is -0.377 e. The number of benzene rings is 1. The second-order valence-corrected chi connectivity index (χ2v) is 7.70. The molecule has 0 bridgehead atoms. The van der Waals surface area contributed by atoms with Gasteiger partial charge >= 0.3 is 0 Å². The van der Waals surface area contributed by atoms with Crippen LogP contribution >= 0.6 is 35.6 Å². The zero-order valence-corrected chi connectivity index (χ0v) is 18.3. The van der Waals surface area contributed by atoms with Crippen molar-refractivity contribution in [3.8, 4) is 0 Å². The van der Waals surface area contributed by atoms with Crippen molar-refractivity contribution in [3.63, 3.8) is 0 Å². The van der Waals surface area contributed by atoms with E-state index in [1.165, 1.54) is 0 Å². The highest BCUT2D eigenvalue weighted by Crippen LogP contribution is 2.52. The quantitative estimate of drug-likeness (QED) is 0.384. The lowest BCUT2D eigenvalue weighted by atomic mass is 9.57. The Hall–Kier alpha value is -0.530. The molecule has 25 heavy (non-hydrogen) atoms. The highest BCUT2D eigenvalue weighted by molar-refractivity contribution is 14.0. The number of hydrogen-bond donors (Lipinski definition) is 2. The highest BCUT2D eigenvalue weighted by Gasteiger charge is 2.59. The molecule has 1 saturated carbocycles. The number of nitrogens with zero attached hydrogens (tertiary/aromatic N) is 1. The lowest BCUT2D eigenvalue weighted by Gasteiger charge is -2.54. The van der Waals surface area contributed by atoms with Crippen LogP contribution in [-0.4, -0.2) is 37.8 Å². The molecule has 140 valence electrons. The number of hydrogen-bond acceptors (Lipinski definition) is 2. The molecule has 2 aliphatic rings.